The lowest BCUT2D eigenvalue weighted by Crippen LogP contribution is -2.19. The van der Waals surface area contributed by atoms with Crippen LogP contribution in [-0.4, -0.2) is 38.4 Å². The molecule has 0 saturated carbocycles. The van der Waals surface area contributed by atoms with E-state index in [9.17, 15) is 9.59 Å². The molecule has 0 radical (unpaired) electrons. The summed E-state index contributed by atoms with van der Waals surface area (Å²) < 4.78 is 15.7. The first-order chi connectivity index (χ1) is 16.2. The number of hydrogen-bond acceptors (Lipinski definition) is 5. The fourth-order valence-electron chi connectivity index (χ4n) is 3.41. The van der Waals surface area contributed by atoms with Gasteiger partial charge in [0.2, 0.25) is 0 Å². The first-order valence-corrected chi connectivity index (χ1v) is 11.6. The van der Waals surface area contributed by atoms with Gasteiger partial charge in [-0.25, -0.2) is 9.59 Å². The van der Waals surface area contributed by atoms with Gasteiger partial charge in [0.05, 0.1) is 19.8 Å². The summed E-state index contributed by atoms with van der Waals surface area (Å²) >= 11 is 0. The zero-order valence-electron chi connectivity index (χ0n) is 20.8. The number of ether oxygens (including phenoxy) is 3. The van der Waals surface area contributed by atoms with E-state index in [-0.39, 0.29) is 24.0 Å². The van der Waals surface area contributed by atoms with Gasteiger partial charge in [0.1, 0.15) is 6.61 Å². The summed E-state index contributed by atoms with van der Waals surface area (Å²) in [6, 6.07) is 17.1. The molecule has 0 unspecified atom stereocenters. The van der Waals surface area contributed by atoms with Gasteiger partial charge >= 0.3 is 11.9 Å². The van der Waals surface area contributed by atoms with Gasteiger partial charge in [-0.05, 0) is 42.5 Å². The van der Waals surface area contributed by atoms with E-state index in [0.29, 0.717) is 31.8 Å². The van der Waals surface area contributed by atoms with Crippen molar-refractivity contribution in [2.24, 2.45) is 0 Å². The predicted molar refractivity (Wildman–Crippen MR) is 135 cm³/mol. The Labute approximate surface area is 203 Å². The number of benzene rings is 2. The van der Waals surface area contributed by atoms with Gasteiger partial charge in [0, 0.05) is 23.5 Å². The maximum Gasteiger partial charge on any atom is 0.333 e. The van der Waals surface area contributed by atoms with E-state index in [1.54, 1.807) is 19.9 Å². The number of carbonyl (C=O) groups excluding carboxylic acids is 2. The Morgan fingerprint density at radius 1 is 0.824 bits per heavy atom. The normalized spacial score (nSPS) is 11.4. The summed E-state index contributed by atoms with van der Waals surface area (Å²) in [5, 5.41) is 0. The number of carbonyl (C=O) groups is 2. The molecule has 0 spiro atoms. The molecule has 0 aliphatic rings. The summed E-state index contributed by atoms with van der Waals surface area (Å²) in [5.74, 6) is -0.693. The van der Waals surface area contributed by atoms with E-state index in [2.05, 4.69) is 69.0 Å². The maximum absolute atomic E-state index is 11.4. The number of rotatable bonds is 13. The second kappa shape index (κ2) is 13.5. The van der Waals surface area contributed by atoms with Gasteiger partial charge < -0.3 is 14.2 Å². The monoisotopic (exact) mass is 464 g/mol. The molecule has 0 aliphatic heterocycles. The van der Waals surface area contributed by atoms with Crippen LogP contribution in [0, 0.1) is 0 Å². The van der Waals surface area contributed by atoms with Crippen LogP contribution in [-0.2, 0) is 42.1 Å². The molecule has 5 nitrogen and oxygen atoms in total. The van der Waals surface area contributed by atoms with E-state index in [1.165, 1.54) is 22.8 Å². The Morgan fingerprint density at radius 2 is 1.35 bits per heavy atom. The van der Waals surface area contributed by atoms with Crippen molar-refractivity contribution in [1.29, 1.82) is 0 Å². The summed E-state index contributed by atoms with van der Waals surface area (Å²) in [6.45, 7) is 12.9. The summed E-state index contributed by atoms with van der Waals surface area (Å²) in [6.07, 6.45) is 4.58. The molecule has 2 rings (SSSR count). The Morgan fingerprint density at radius 3 is 1.85 bits per heavy atom. The van der Waals surface area contributed by atoms with Crippen molar-refractivity contribution in [2.75, 3.05) is 26.4 Å². The van der Waals surface area contributed by atoms with Gasteiger partial charge in [-0.1, -0.05) is 75.0 Å². The average molecular weight is 465 g/mol. The van der Waals surface area contributed by atoms with Crippen LogP contribution in [0.25, 0.3) is 0 Å². The third-order valence-electron chi connectivity index (χ3n) is 5.63. The minimum absolute atomic E-state index is 0.140. The van der Waals surface area contributed by atoms with Crippen LogP contribution in [0.3, 0.4) is 0 Å². The average Bonchev–Trinajstić information content (AvgIpc) is 2.82. The highest BCUT2D eigenvalue weighted by Crippen LogP contribution is 2.31. The standard InChI is InChI=1S/C29H36O5/c1-6-7-27(30)33-19-17-24-10-14-26(15-11-24)29(4,5)25-12-8-23(9-13-25)16-18-32-20-21-34-28(31)22(2)3/h6-15H,2,16-21H2,1,3-5H3. The molecule has 0 amide bonds. The Balaban J connectivity index is 1.82. The van der Waals surface area contributed by atoms with Crippen LogP contribution in [0.1, 0.15) is 49.9 Å². The minimum atomic E-state index is -0.387. The number of hydrogen-bond donors (Lipinski definition) is 0. The topological polar surface area (TPSA) is 61.8 Å². The molecular formula is C29H36O5. The summed E-state index contributed by atoms with van der Waals surface area (Å²) in [5.41, 5.74) is 5.04. The van der Waals surface area contributed by atoms with E-state index >= 15 is 0 Å². The van der Waals surface area contributed by atoms with E-state index in [4.69, 9.17) is 14.2 Å². The fourth-order valence-corrected chi connectivity index (χ4v) is 3.41. The van der Waals surface area contributed by atoms with Crippen molar-refractivity contribution in [3.63, 3.8) is 0 Å². The molecule has 2 aromatic carbocycles. The van der Waals surface area contributed by atoms with Gasteiger partial charge in [0.25, 0.3) is 0 Å². The molecule has 0 atom stereocenters. The second-order valence-electron chi connectivity index (χ2n) is 8.71. The first-order valence-electron chi connectivity index (χ1n) is 11.6. The minimum Gasteiger partial charge on any atom is -0.462 e. The van der Waals surface area contributed by atoms with Crippen molar-refractivity contribution in [2.45, 2.75) is 46.0 Å². The van der Waals surface area contributed by atoms with Crippen molar-refractivity contribution in [3.05, 3.63) is 95.1 Å². The SMILES string of the molecule is C=C(C)C(=O)OCCOCCc1ccc(C(C)(C)c2ccc(CCOC(=O)C=CC)cc2)cc1. The lowest BCUT2D eigenvalue weighted by molar-refractivity contribution is -0.140. The maximum atomic E-state index is 11.4. The van der Waals surface area contributed by atoms with Crippen molar-refractivity contribution in [3.8, 4) is 0 Å². The quantitative estimate of drug-likeness (QED) is 0.227. The molecular weight excluding hydrogens is 428 g/mol. The lowest BCUT2D eigenvalue weighted by Gasteiger charge is -2.26. The van der Waals surface area contributed by atoms with Gasteiger partial charge in [-0.15, -0.1) is 0 Å². The Bertz CT molecular complexity index is 969. The lowest BCUT2D eigenvalue weighted by atomic mass is 9.77. The van der Waals surface area contributed by atoms with Crippen LogP contribution >= 0.6 is 0 Å². The molecule has 0 aliphatic carbocycles. The molecule has 0 aromatic heterocycles. The molecule has 0 bridgehead atoms. The Hall–Kier alpha value is -3.18. The molecule has 34 heavy (non-hydrogen) atoms. The summed E-state index contributed by atoms with van der Waals surface area (Å²) in [4.78, 5) is 22.7. The van der Waals surface area contributed by atoms with Crippen molar-refractivity contribution in [1.82, 2.24) is 0 Å². The van der Waals surface area contributed by atoms with Gasteiger partial charge in [-0.2, -0.15) is 0 Å². The summed E-state index contributed by atoms with van der Waals surface area (Å²) in [7, 11) is 0. The van der Waals surface area contributed by atoms with Gasteiger partial charge in [-0.3, -0.25) is 0 Å². The molecule has 182 valence electrons. The highest BCUT2D eigenvalue weighted by molar-refractivity contribution is 5.86. The highest BCUT2D eigenvalue weighted by Gasteiger charge is 2.22. The largest absolute Gasteiger partial charge is 0.462 e. The molecule has 0 N–H and O–H groups in total. The van der Waals surface area contributed by atoms with Crippen molar-refractivity contribution >= 4 is 11.9 Å². The Kier molecular flexibility index (Phi) is 10.8. The molecule has 5 heteroatoms. The smallest absolute Gasteiger partial charge is 0.333 e. The molecule has 0 fully saturated rings. The fraction of sp³-hybridized carbons (Fsp3) is 0.379. The highest BCUT2D eigenvalue weighted by atomic mass is 16.6. The molecule has 2 aromatic rings. The van der Waals surface area contributed by atoms with E-state index in [0.717, 1.165) is 12.0 Å². The van der Waals surface area contributed by atoms with E-state index in [1.807, 2.05) is 0 Å². The van der Waals surface area contributed by atoms with Crippen LogP contribution in [0.5, 0.6) is 0 Å². The first kappa shape index (κ1) is 27.1. The third-order valence-corrected chi connectivity index (χ3v) is 5.63. The zero-order valence-corrected chi connectivity index (χ0v) is 20.8. The second-order valence-corrected chi connectivity index (χ2v) is 8.71. The van der Waals surface area contributed by atoms with Gasteiger partial charge in [0.15, 0.2) is 0 Å². The van der Waals surface area contributed by atoms with Crippen LogP contribution in [0.4, 0.5) is 0 Å². The third kappa shape index (κ3) is 8.64. The van der Waals surface area contributed by atoms with Crippen LogP contribution in [0.2, 0.25) is 0 Å². The van der Waals surface area contributed by atoms with Crippen LogP contribution < -0.4 is 0 Å². The molecule has 0 saturated heterocycles. The van der Waals surface area contributed by atoms with Crippen molar-refractivity contribution < 1.29 is 23.8 Å². The number of allylic oxidation sites excluding steroid dienone is 1. The van der Waals surface area contributed by atoms with Crippen LogP contribution in [0.15, 0.2) is 72.8 Å². The van der Waals surface area contributed by atoms with E-state index < -0.39 is 0 Å². The molecule has 0 heterocycles. The zero-order chi connectivity index (χ0) is 25.0. The number of esters is 2. The predicted octanol–water partition coefficient (Wildman–Crippen LogP) is 5.35.